The summed E-state index contributed by atoms with van der Waals surface area (Å²) in [7, 11) is 0. The van der Waals surface area contributed by atoms with Gasteiger partial charge in [-0.25, -0.2) is 0 Å². The summed E-state index contributed by atoms with van der Waals surface area (Å²) < 4.78 is 16.4. The zero-order chi connectivity index (χ0) is 13.8. The highest BCUT2D eigenvalue weighted by molar-refractivity contribution is 5.31. The SMILES string of the molecule is CCOc1ccc(OCCOCC[NH2+]CC[NH3+])cc1. The van der Waals surface area contributed by atoms with E-state index in [2.05, 4.69) is 11.1 Å². The molecule has 1 aromatic rings. The summed E-state index contributed by atoms with van der Waals surface area (Å²) >= 11 is 0. The molecule has 0 heterocycles. The van der Waals surface area contributed by atoms with Crippen molar-refractivity contribution in [3.8, 4) is 11.5 Å². The lowest BCUT2D eigenvalue weighted by atomic mass is 10.3. The zero-order valence-electron chi connectivity index (χ0n) is 11.8. The van der Waals surface area contributed by atoms with Crippen LogP contribution in [0.5, 0.6) is 11.5 Å². The van der Waals surface area contributed by atoms with Crippen molar-refractivity contribution >= 4 is 0 Å². The molecule has 0 bridgehead atoms. The van der Waals surface area contributed by atoms with Crippen LogP contribution in [0.25, 0.3) is 0 Å². The van der Waals surface area contributed by atoms with Gasteiger partial charge in [-0.3, -0.25) is 0 Å². The minimum Gasteiger partial charge on any atom is -0.494 e. The Hall–Kier alpha value is -1.30. The minimum absolute atomic E-state index is 0.573. The van der Waals surface area contributed by atoms with Crippen LogP contribution in [-0.4, -0.2) is 46.1 Å². The third-order valence-corrected chi connectivity index (χ3v) is 2.51. The normalized spacial score (nSPS) is 10.4. The molecule has 1 aromatic carbocycles. The summed E-state index contributed by atoms with van der Waals surface area (Å²) in [5.41, 5.74) is 3.78. The van der Waals surface area contributed by atoms with E-state index in [1.807, 2.05) is 31.2 Å². The van der Waals surface area contributed by atoms with Gasteiger partial charge in [0.25, 0.3) is 0 Å². The molecule has 0 aromatic heterocycles. The van der Waals surface area contributed by atoms with Gasteiger partial charge in [0.2, 0.25) is 0 Å². The summed E-state index contributed by atoms with van der Waals surface area (Å²) in [6.07, 6.45) is 0. The van der Waals surface area contributed by atoms with Crippen molar-refractivity contribution < 1.29 is 25.3 Å². The third-order valence-electron chi connectivity index (χ3n) is 2.51. The molecule has 0 unspecified atom stereocenters. The van der Waals surface area contributed by atoms with Crippen molar-refractivity contribution in [2.75, 3.05) is 46.1 Å². The van der Waals surface area contributed by atoms with Crippen LogP contribution in [-0.2, 0) is 4.74 Å². The molecule has 0 atom stereocenters. The molecular formula is C14H26N2O3+2. The highest BCUT2D eigenvalue weighted by Crippen LogP contribution is 2.17. The van der Waals surface area contributed by atoms with E-state index in [4.69, 9.17) is 14.2 Å². The molecule has 0 saturated carbocycles. The van der Waals surface area contributed by atoms with E-state index < -0.39 is 0 Å². The van der Waals surface area contributed by atoms with Gasteiger partial charge in [0, 0.05) is 0 Å². The molecule has 5 N–H and O–H groups in total. The molecule has 0 saturated heterocycles. The molecule has 0 aliphatic rings. The van der Waals surface area contributed by atoms with E-state index in [0.717, 1.165) is 37.7 Å². The van der Waals surface area contributed by atoms with Crippen LogP contribution < -0.4 is 20.5 Å². The summed E-state index contributed by atoms with van der Waals surface area (Å²) in [4.78, 5) is 0. The van der Waals surface area contributed by atoms with Gasteiger partial charge in [-0.05, 0) is 31.2 Å². The quantitative estimate of drug-likeness (QED) is 0.522. The molecule has 0 fully saturated rings. The Morgan fingerprint density at radius 1 is 0.947 bits per heavy atom. The van der Waals surface area contributed by atoms with E-state index in [-0.39, 0.29) is 0 Å². The first-order chi connectivity index (χ1) is 9.36. The average molecular weight is 270 g/mol. The monoisotopic (exact) mass is 270 g/mol. The second kappa shape index (κ2) is 10.6. The molecule has 0 aliphatic heterocycles. The predicted molar refractivity (Wildman–Crippen MR) is 73.3 cm³/mol. The van der Waals surface area contributed by atoms with Crippen LogP contribution >= 0.6 is 0 Å². The fourth-order valence-electron chi connectivity index (χ4n) is 1.57. The van der Waals surface area contributed by atoms with Crippen LogP contribution in [0.3, 0.4) is 0 Å². The predicted octanol–water partition coefficient (Wildman–Crippen LogP) is -0.714. The molecule has 0 amide bonds. The topological polar surface area (TPSA) is 71.9 Å². The smallest absolute Gasteiger partial charge is 0.125 e. The Bertz CT molecular complexity index is 317. The van der Waals surface area contributed by atoms with Crippen LogP contribution in [0.15, 0.2) is 24.3 Å². The standard InChI is InChI=1S/C14H24N2O3/c1-2-18-13-3-5-14(6-4-13)19-12-11-17-10-9-16-8-7-15/h3-6,16H,2,7-12,15H2,1H3/p+2. The van der Waals surface area contributed by atoms with Crippen molar-refractivity contribution in [1.29, 1.82) is 0 Å². The lowest BCUT2D eigenvalue weighted by Gasteiger charge is -2.08. The molecule has 19 heavy (non-hydrogen) atoms. The maximum absolute atomic E-state index is 5.57. The van der Waals surface area contributed by atoms with Gasteiger partial charge in [0.1, 0.15) is 31.2 Å². The first-order valence-corrected chi connectivity index (χ1v) is 6.91. The Morgan fingerprint density at radius 2 is 1.63 bits per heavy atom. The van der Waals surface area contributed by atoms with Crippen molar-refractivity contribution in [2.24, 2.45) is 0 Å². The van der Waals surface area contributed by atoms with Gasteiger partial charge in [0.05, 0.1) is 26.4 Å². The Morgan fingerprint density at radius 3 is 2.26 bits per heavy atom. The molecule has 0 spiro atoms. The van der Waals surface area contributed by atoms with Gasteiger partial charge in [-0.1, -0.05) is 0 Å². The van der Waals surface area contributed by atoms with Crippen LogP contribution in [0.4, 0.5) is 0 Å². The first-order valence-electron chi connectivity index (χ1n) is 6.91. The second-order valence-electron chi connectivity index (χ2n) is 4.08. The van der Waals surface area contributed by atoms with Crippen molar-refractivity contribution in [3.63, 3.8) is 0 Å². The van der Waals surface area contributed by atoms with E-state index in [0.29, 0.717) is 19.8 Å². The molecule has 1 rings (SSSR count). The molecule has 0 aliphatic carbocycles. The lowest BCUT2D eigenvalue weighted by molar-refractivity contribution is -0.671. The lowest BCUT2D eigenvalue weighted by Crippen LogP contribution is -2.88. The minimum atomic E-state index is 0.573. The number of hydrogen-bond acceptors (Lipinski definition) is 3. The van der Waals surface area contributed by atoms with Crippen molar-refractivity contribution in [3.05, 3.63) is 24.3 Å². The van der Waals surface area contributed by atoms with Gasteiger partial charge in [0.15, 0.2) is 0 Å². The molecular weight excluding hydrogens is 244 g/mol. The maximum atomic E-state index is 5.57. The number of hydrogen-bond donors (Lipinski definition) is 2. The number of quaternary nitrogens is 2. The highest BCUT2D eigenvalue weighted by Gasteiger charge is 1.96. The Labute approximate surface area is 115 Å². The first kappa shape index (κ1) is 15.8. The zero-order valence-corrected chi connectivity index (χ0v) is 11.8. The van der Waals surface area contributed by atoms with Crippen LogP contribution in [0.2, 0.25) is 0 Å². The maximum Gasteiger partial charge on any atom is 0.125 e. The summed E-state index contributed by atoms with van der Waals surface area (Å²) in [6.45, 7) is 7.60. The van der Waals surface area contributed by atoms with Gasteiger partial charge in [-0.15, -0.1) is 0 Å². The van der Waals surface area contributed by atoms with Crippen molar-refractivity contribution in [2.45, 2.75) is 6.92 Å². The number of rotatable bonds is 11. The van der Waals surface area contributed by atoms with Gasteiger partial charge < -0.3 is 25.3 Å². The number of nitrogens with two attached hydrogens (primary N) is 1. The molecule has 108 valence electrons. The Kier molecular flexibility index (Phi) is 8.80. The van der Waals surface area contributed by atoms with Crippen LogP contribution in [0, 0.1) is 0 Å². The van der Waals surface area contributed by atoms with Crippen molar-refractivity contribution in [1.82, 2.24) is 0 Å². The largest absolute Gasteiger partial charge is 0.494 e. The van der Waals surface area contributed by atoms with Gasteiger partial charge in [-0.2, -0.15) is 0 Å². The molecule has 5 nitrogen and oxygen atoms in total. The van der Waals surface area contributed by atoms with E-state index >= 15 is 0 Å². The fourth-order valence-corrected chi connectivity index (χ4v) is 1.57. The summed E-state index contributed by atoms with van der Waals surface area (Å²) in [6, 6.07) is 7.64. The average Bonchev–Trinajstić information content (AvgIpc) is 2.44. The van der Waals surface area contributed by atoms with Gasteiger partial charge >= 0.3 is 0 Å². The number of benzene rings is 1. The van der Waals surface area contributed by atoms with E-state index in [1.165, 1.54) is 0 Å². The van der Waals surface area contributed by atoms with Crippen LogP contribution in [0.1, 0.15) is 6.92 Å². The second-order valence-corrected chi connectivity index (χ2v) is 4.08. The summed E-state index contributed by atoms with van der Waals surface area (Å²) in [5, 5.41) is 2.21. The summed E-state index contributed by atoms with van der Waals surface area (Å²) in [5.74, 6) is 1.71. The third kappa shape index (κ3) is 7.66. The molecule has 5 heteroatoms. The number of ether oxygens (including phenoxy) is 3. The Balaban J connectivity index is 2.02. The van der Waals surface area contributed by atoms with E-state index in [9.17, 15) is 0 Å². The van der Waals surface area contributed by atoms with E-state index in [1.54, 1.807) is 0 Å². The molecule has 0 radical (unpaired) electrons. The fraction of sp³-hybridized carbons (Fsp3) is 0.571. The highest BCUT2D eigenvalue weighted by atomic mass is 16.5.